The normalized spacial score (nSPS) is 11.9. The van der Waals surface area contributed by atoms with E-state index in [-0.39, 0.29) is 17.4 Å². The lowest BCUT2D eigenvalue weighted by Gasteiger charge is -2.06. The summed E-state index contributed by atoms with van der Waals surface area (Å²) in [5.41, 5.74) is 2.19. The number of benzene rings is 2. The minimum absolute atomic E-state index is 0.230. The second kappa shape index (κ2) is 7.94. The summed E-state index contributed by atoms with van der Waals surface area (Å²) >= 11 is 0. The van der Waals surface area contributed by atoms with Crippen LogP contribution in [0.3, 0.4) is 0 Å². The van der Waals surface area contributed by atoms with Gasteiger partial charge in [-0.2, -0.15) is 0 Å². The Bertz CT molecular complexity index is 887. The summed E-state index contributed by atoms with van der Waals surface area (Å²) in [5, 5.41) is 2.85. The van der Waals surface area contributed by atoms with Crippen LogP contribution in [0, 0.1) is 6.92 Å². The second-order valence-corrected chi connectivity index (χ2v) is 7.13. The molecule has 25 heavy (non-hydrogen) atoms. The maximum atomic E-state index is 12.3. The molecule has 1 amide bonds. The van der Waals surface area contributed by atoms with Crippen LogP contribution in [0.2, 0.25) is 0 Å². The van der Waals surface area contributed by atoms with E-state index >= 15 is 0 Å². The molecule has 0 bridgehead atoms. The fourth-order valence-electron chi connectivity index (χ4n) is 2.43. The van der Waals surface area contributed by atoms with Crippen molar-refractivity contribution in [2.24, 2.45) is 0 Å². The maximum absolute atomic E-state index is 12.3. The number of hydrogen-bond donors (Lipinski definition) is 1. The quantitative estimate of drug-likeness (QED) is 0.733. The van der Waals surface area contributed by atoms with Crippen molar-refractivity contribution in [3.8, 4) is 0 Å². The van der Waals surface area contributed by atoms with E-state index < -0.39 is 10.8 Å². The lowest BCUT2D eigenvalue weighted by molar-refractivity contribution is 0.0921. The van der Waals surface area contributed by atoms with Crippen LogP contribution in [0.15, 0.2) is 76.0 Å². The smallest absolute Gasteiger partial charge is 0.287 e. The third-order valence-electron chi connectivity index (χ3n) is 3.87. The molecule has 128 valence electrons. The van der Waals surface area contributed by atoms with Gasteiger partial charge in [-0.15, -0.1) is 0 Å². The van der Waals surface area contributed by atoms with E-state index in [1.165, 1.54) is 0 Å². The first kappa shape index (κ1) is 17.2. The number of hydrogen-bond acceptors (Lipinski definition) is 3. The fourth-order valence-corrected chi connectivity index (χ4v) is 3.47. The molecule has 0 unspecified atom stereocenters. The molecule has 0 fully saturated rings. The van der Waals surface area contributed by atoms with Gasteiger partial charge in [0.15, 0.2) is 5.76 Å². The fraction of sp³-hybridized carbons (Fsp3) is 0.150. The first-order valence-electron chi connectivity index (χ1n) is 7.98. The van der Waals surface area contributed by atoms with E-state index in [1.807, 2.05) is 61.5 Å². The third-order valence-corrected chi connectivity index (χ3v) is 5.21. The van der Waals surface area contributed by atoms with Crippen molar-refractivity contribution in [3.05, 3.63) is 89.4 Å². The average Bonchev–Trinajstić information content (AvgIpc) is 3.10. The molecule has 2 aromatic carbocycles. The largest absolute Gasteiger partial charge is 0.455 e. The first-order valence-corrected chi connectivity index (χ1v) is 9.30. The highest BCUT2D eigenvalue weighted by Gasteiger charge is 2.13. The monoisotopic (exact) mass is 353 g/mol. The molecule has 0 spiro atoms. The molecule has 0 saturated heterocycles. The molecule has 1 atom stereocenters. The van der Waals surface area contributed by atoms with Gasteiger partial charge >= 0.3 is 0 Å². The molecule has 1 aromatic heterocycles. The van der Waals surface area contributed by atoms with Gasteiger partial charge in [-0.3, -0.25) is 9.00 Å². The van der Waals surface area contributed by atoms with Gasteiger partial charge in [-0.05, 0) is 42.3 Å². The third kappa shape index (κ3) is 4.45. The van der Waals surface area contributed by atoms with Crippen LogP contribution in [-0.4, -0.2) is 10.1 Å². The Hall–Kier alpha value is -2.66. The molecule has 0 radical (unpaired) electrons. The van der Waals surface area contributed by atoms with Gasteiger partial charge in [-0.25, -0.2) is 0 Å². The molecule has 0 saturated carbocycles. The van der Waals surface area contributed by atoms with Gasteiger partial charge in [0.05, 0.1) is 16.6 Å². The molecule has 5 heteroatoms. The van der Waals surface area contributed by atoms with Crippen LogP contribution in [-0.2, 0) is 23.1 Å². The minimum Gasteiger partial charge on any atom is -0.455 e. The summed E-state index contributed by atoms with van der Waals surface area (Å²) in [6.07, 6.45) is 0. The van der Waals surface area contributed by atoms with Crippen LogP contribution < -0.4 is 5.32 Å². The zero-order chi connectivity index (χ0) is 17.6. The van der Waals surface area contributed by atoms with Crippen molar-refractivity contribution in [2.45, 2.75) is 24.1 Å². The number of carbonyl (C=O) groups excluding carboxylic acids is 1. The summed E-state index contributed by atoms with van der Waals surface area (Å²) in [6.45, 7) is 2.45. The number of aryl methyl sites for hydroxylation is 1. The molecule has 0 aliphatic heterocycles. The van der Waals surface area contributed by atoms with Crippen LogP contribution in [0.4, 0.5) is 0 Å². The van der Waals surface area contributed by atoms with E-state index in [2.05, 4.69) is 5.32 Å². The summed E-state index contributed by atoms with van der Waals surface area (Å²) < 4.78 is 17.8. The van der Waals surface area contributed by atoms with E-state index in [9.17, 15) is 9.00 Å². The zero-order valence-corrected chi connectivity index (χ0v) is 14.7. The molecule has 3 aromatic rings. The summed E-state index contributed by atoms with van der Waals surface area (Å²) in [4.78, 5) is 13.0. The molecule has 4 nitrogen and oxygen atoms in total. The molecule has 0 aliphatic rings. The van der Waals surface area contributed by atoms with E-state index in [0.717, 1.165) is 16.0 Å². The number of nitrogens with one attached hydrogen (secondary N) is 1. The van der Waals surface area contributed by atoms with Crippen molar-refractivity contribution < 1.29 is 13.4 Å². The predicted octanol–water partition coefficient (Wildman–Crippen LogP) is 3.83. The van der Waals surface area contributed by atoms with Gasteiger partial charge in [0.25, 0.3) is 5.91 Å². The number of rotatable bonds is 6. The lowest BCUT2D eigenvalue weighted by atomic mass is 10.1. The standard InChI is InChI=1S/C20H19NO3S/c1-15-7-5-6-8-16(15)13-21-20(22)19-12-11-17(24-19)14-25(23)18-9-3-2-4-10-18/h2-12H,13-14H2,1H3,(H,21,22)/t25-/m1/s1. The maximum Gasteiger partial charge on any atom is 0.287 e. The Morgan fingerprint density at radius 3 is 2.48 bits per heavy atom. The van der Waals surface area contributed by atoms with Crippen molar-refractivity contribution >= 4 is 16.7 Å². The van der Waals surface area contributed by atoms with Gasteiger partial charge in [0, 0.05) is 11.4 Å². The molecule has 1 N–H and O–H groups in total. The Labute approximate surface area is 149 Å². The van der Waals surface area contributed by atoms with Crippen LogP contribution in [0.25, 0.3) is 0 Å². The number of furan rings is 1. The van der Waals surface area contributed by atoms with Crippen LogP contribution in [0.5, 0.6) is 0 Å². The van der Waals surface area contributed by atoms with Crippen molar-refractivity contribution in [1.82, 2.24) is 5.32 Å². The first-order chi connectivity index (χ1) is 12.1. The molecular formula is C20H19NO3S. The minimum atomic E-state index is -1.20. The molecule has 1 heterocycles. The van der Waals surface area contributed by atoms with Gasteiger partial charge < -0.3 is 9.73 Å². The molecule has 3 rings (SSSR count). The highest BCUT2D eigenvalue weighted by molar-refractivity contribution is 7.84. The van der Waals surface area contributed by atoms with E-state index in [4.69, 9.17) is 4.42 Å². The van der Waals surface area contributed by atoms with Gasteiger partial charge in [-0.1, -0.05) is 42.5 Å². The highest BCUT2D eigenvalue weighted by Crippen LogP contribution is 2.15. The van der Waals surface area contributed by atoms with E-state index in [0.29, 0.717) is 12.3 Å². The Kier molecular flexibility index (Phi) is 5.46. The zero-order valence-electron chi connectivity index (χ0n) is 13.9. The second-order valence-electron chi connectivity index (χ2n) is 5.68. The summed E-state index contributed by atoms with van der Waals surface area (Å²) in [7, 11) is -1.20. The van der Waals surface area contributed by atoms with Crippen molar-refractivity contribution in [2.75, 3.05) is 0 Å². The van der Waals surface area contributed by atoms with Crippen molar-refractivity contribution in [3.63, 3.8) is 0 Å². The van der Waals surface area contributed by atoms with Gasteiger partial charge in [0.1, 0.15) is 5.76 Å². The van der Waals surface area contributed by atoms with Gasteiger partial charge in [0.2, 0.25) is 0 Å². The predicted molar refractivity (Wildman–Crippen MR) is 97.6 cm³/mol. The highest BCUT2D eigenvalue weighted by atomic mass is 32.2. The van der Waals surface area contributed by atoms with Crippen LogP contribution in [0.1, 0.15) is 27.4 Å². The van der Waals surface area contributed by atoms with Crippen LogP contribution >= 0.6 is 0 Å². The van der Waals surface area contributed by atoms with Crippen molar-refractivity contribution in [1.29, 1.82) is 0 Å². The summed E-state index contributed by atoms with van der Waals surface area (Å²) in [6, 6.07) is 20.4. The molecular weight excluding hydrogens is 334 g/mol. The number of carbonyl (C=O) groups is 1. The molecule has 0 aliphatic carbocycles. The lowest BCUT2D eigenvalue weighted by Crippen LogP contribution is -2.22. The Morgan fingerprint density at radius 1 is 1.00 bits per heavy atom. The number of amides is 1. The topological polar surface area (TPSA) is 59.3 Å². The Balaban J connectivity index is 1.60. The SMILES string of the molecule is Cc1ccccc1CNC(=O)c1ccc(C[S@@](=O)c2ccccc2)o1. The Morgan fingerprint density at radius 2 is 1.72 bits per heavy atom. The average molecular weight is 353 g/mol. The van der Waals surface area contributed by atoms with E-state index in [1.54, 1.807) is 12.1 Å². The summed E-state index contributed by atoms with van der Waals surface area (Å²) in [5.74, 6) is 0.728.